The highest BCUT2D eigenvalue weighted by molar-refractivity contribution is 5.95. The van der Waals surface area contributed by atoms with Gasteiger partial charge in [-0.25, -0.2) is 4.79 Å². The standard InChI is InChI=1S/C8H12N2O3/c1-4(2)6-5(8(11)12-3)7(9)13-10-6/h4H,9H2,1-3H3. The monoisotopic (exact) mass is 184 g/mol. The van der Waals surface area contributed by atoms with Gasteiger partial charge < -0.3 is 15.0 Å². The van der Waals surface area contributed by atoms with Crippen LogP contribution in [0.5, 0.6) is 0 Å². The summed E-state index contributed by atoms with van der Waals surface area (Å²) in [7, 11) is 1.29. The van der Waals surface area contributed by atoms with Gasteiger partial charge in [-0.05, 0) is 0 Å². The number of esters is 1. The highest BCUT2D eigenvalue weighted by Gasteiger charge is 2.23. The van der Waals surface area contributed by atoms with Gasteiger partial charge in [0.05, 0.1) is 7.11 Å². The Bertz CT molecular complexity index is 317. The number of ether oxygens (including phenoxy) is 1. The van der Waals surface area contributed by atoms with E-state index in [0.717, 1.165) is 0 Å². The average Bonchev–Trinajstić information content (AvgIpc) is 2.46. The van der Waals surface area contributed by atoms with Gasteiger partial charge in [0.1, 0.15) is 11.3 Å². The first-order valence-corrected chi connectivity index (χ1v) is 3.91. The molecule has 1 heterocycles. The summed E-state index contributed by atoms with van der Waals surface area (Å²) in [6, 6.07) is 0. The minimum absolute atomic E-state index is 0.00977. The van der Waals surface area contributed by atoms with Gasteiger partial charge in [-0.15, -0.1) is 0 Å². The van der Waals surface area contributed by atoms with Crippen molar-refractivity contribution in [1.82, 2.24) is 5.16 Å². The number of hydrogen-bond donors (Lipinski definition) is 1. The van der Waals surface area contributed by atoms with Crippen molar-refractivity contribution < 1.29 is 14.1 Å². The third-order valence-electron chi connectivity index (χ3n) is 1.68. The minimum Gasteiger partial charge on any atom is -0.465 e. The highest BCUT2D eigenvalue weighted by atomic mass is 16.5. The van der Waals surface area contributed by atoms with Gasteiger partial charge >= 0.3 is 5.97 Å². The summed E-state index contributed by atoms with van der Waals surface area (Å²) >= 11 is 0. The SMILES string of the molecule is COC(=O)c1c(C(C)C)noc1N. The highest BCUT2D eigenvalue weighted by Crippen LogP contribution is 2.23. The average molecular weight is 184 g/mol. The van der Waals surface area contributed by atoms with Crippen LogP contribution in [0.2, 0.25) is 0 Å². The number of aromatic nitrogens is 1. The van der Waals surface area contributed by atoms with Crippen LogP contribution in [0.4, 0.5) is 5.88 Å². The first-order valence-electron chi connectivity index (χ1n) is 3.91. The van der Waals surface area contributed by atoms with Crippen molar-refractivity contribution in [1.29, 1.82) is 0 Å². The van der Waals surface area contributed by atoms with Crippen molar-refractivity contribution in [3.63, 3.8) is 0 Å². The largest absolute Gasteiger partial charge is 0.465 e. The van der Waals surface area contributed by atoms with E-state index in [1.54, 1.807) is 0 Å². The zero-order valence-corrected chi connectivity index (χ0v) is 7.83. The molecule has 0 aliphatic carbocycles. The number of carbonyl (C=O) groups is 1. The summed E-state index contributed by atoms with van der Waals surface area (Å²) in [5.41, 5.74) is 6.19. The van der Waals surface area contributed by atoms with E-state index in [2.05, 4.69) is 9.89 Å². The van der Waals surface area contributed by atoms with E-state index in [9.17, 15) is 4.79 Å². The van der Waals surface area contributed by atoms with Crippen LogP contribution in [-0.4, -0.2) is 18.2 Å². The lowest BCUT2D eigenvalue weighted by Crippen LogP contribution is -2.07. The quantitative estimate of drug-likeness (QED) is 0.698. The second-order valence-electron chi connectivity index (χ2n) is 2.95. The molecule has 0 saturated carbocycles. The molecule has 72 valence electrons. The molecule has 1 aromatic heterocycles. The molecule has 0 saturated heterocycles. The lowest BCUT2D eigenvalue weighted by atomic mass is 10.1. The van der Waals surface area contributed by atoms with E-state index in [4.69, 9.17) is 10.3 Å². The number of anilines is 1. The molecular formula is C8H12N2O3. The summed E-state index contributed by atoms with van der Waals surface area (Å²) in [5.74, 6) is -0.423. The maximum absolute atomic E-state index is 11.2. The normalized spacial score (nSPS) is 10.5. The molecule has 5 heteroatoms. The number of hydrogen-bond acceptors (Lipinski definition) is 5. The van der Waals surface area contributed by atoms with Crippen LogP contribution in [0, 0.1) is 0 Å². The Balaban J connectivity index is 3.16. The predicted octanol–water partition coefficient (Wildman–Crippen LogP) is 1.17. The van der Waals surface area contributed by atoms with Crippen molar-refractivity contribution in [2.24, 2.45) is 0 Å². The molecule has 0 amide bonds. The van der Waals surface area contributed by atoms with Crippen molar-refractivity contribution in [3.8, 4) is 0 Å². The Labute approximate surface area is 75.8 Å². The Kier molecular flexibility index (Phi) is 2.55. The molecule has 0 unspecified atom stereocenters. The van der Waals surface area contributed by atoms with Crippen LogP contribution in [0.3, 0.4) is 0 Å². The fourth-order valence-corrected chi connectivity index (χ4v) is 1.02. The molecule has 0 spiro atoms. The molecule has 0 aliphatic heterocycles. The Morgan fingerprint density at radius 2 is 2.23 bits per heavy atom. The van der Waals surface area contributed by atoms with Crippen LogP contribution < -0.4 is 5.73 Å². The lowest BCUT2D eigenvalue weighted by Gasteiger charge is -2.01. The molecule has 0 atom stereocenters. The summed E-state index contributed by atoms with van der Waals surface area (Å²) in [6.45, 7) is 3.79. The second-order valence-corrected chi connectivity index (χ2v) is 2.95. The smallest absolute Gasteiger partial charge is 0.345 e. The molecule has 5 nitrogen and oxygen atoms in total. The maximum Gasteiger partial charge on any atom is 0.345 e. The van der Waals surface area contributed by atoms with E-state index in [0.29, 0.717) is 5.69 Å². The molecule has 0 radical (unpaired) electrons. The summed E-state index contributed by atoms with van der Waals surface area (Å²) in [5, 5.41) is 3.68. The van der Waals surface area contributed by atoms with Crippen molar-refractivity contribution in [3.05, 3.63) is 11.3 Å². The fraction of sp³-hybridized carbons (Fsp3) is 0.500. The number of nitrogens with zero attached hydrogens (tertiary/aromatic N) is 1. The van der Waals surface area contributed by atoms with Gasteiger partial charge in [-0.3, -0.25) is 0 Å². The zero-order chi connectivity index (χ0) is 10.0. The van der Waals surface area contributed by atoms with Crippen LogP contribution in [0.25, 0.3) is 0 Å². The number of carbonyl (C=O) groups excluding carboxylic acids is 1. The summed E-state index contributed by atoms with van der Waals surface area (Å²) in [6.07, 6.45) is 0. The molecule has 0 aromatic carbocycles. The Morgan fingerprint density at radius 3 is 2.69 bits per heavy atom. The van der Waals surface area contributed by atoms with Crippen LogP contribution in [0.1, 0.15) is 35.8 Å². The molecule has 1 aromatic rings. The molecular weight excluding hydrogens is 172 g/mol. The van der Waals surface area contributed by atoms with Crippen LogP contribution in [-0.2, 0) is 4.74 Å². The van der Waals surface area contributed by atoms with Crippen molar-refractivity contribution in [2.75, 3.05) is 12.8 Å². The van der Waals surface area contributed by atoms with Crippen LogP contribution >= 0.6 is 0 Å². The van der Waals surface area contributed by atoms with Gasteiger partial charge in [-0.2, -0.15) is 0 Å². The fourth-order valence-electron chi connectivity index (χ4n) is 1.02. The van der Waals surface area contributed by atoms with Crippen LogP contribution in [0.15, 0.2) is 4.52 Å². The summed E-state index contributed by atoms with van der Waals surface area (Å²) < 4.78 is 9.25. The van der Waals surface area contributed by atoms with E-state index in [-0.39, 0.29) is 17.4 Å². The maximum atomic E-state index is 11.2. The van der Waals surface area contributed by atoms with E-state index in [1.807, 2.05) is 13.8 Å². The zero-order valence-electron chi connectivity index (χ0n) is 7.83. The van der Waals surface area contributed by atoms with E-state index < -0.39 is 5.97 Å². The second kappa shape index (κ2) is 3.47. The van der Waals surface area contributed by atoms with Gasteiger partial charge in [0.15, 0.2) is 0 Å². The van der Waals surface area contributed by atoms with E-state index >= 15 is 0 Å². The third-order valence-corrected chi connectivity index (χ3v) is 1.68. The van der Waals surface area contributed by atoms with Gasteiger partial charge in [0.2, 0.25) is 5.88 Å². The number of nitrogens with two attached hydrogens (primary N) is 1. The van der Waals surface area contributed by atoms with Gasteiger partial charge in [-0.1, -0.05) is 19.0 Å². The molecule has 13 heavy (non-hydrogen) atoms. The van der Waals surface area contributed by atoms with Gasteiger partial charge in [0.25, 0.3) is 0 Å². The van der Waals surface area contributed by atoms with Crippen molar-refractivity contribution in [2.45, 2.75) is 19.8 Å². The van der Waals surface area contributed by atoms with E-state index in [1.165, 1.54) is 7.11 Å². The Morgan fingerprint density at radius 1 is 1.62 bits per heavy atom. The number of methoxy groups -OCH3 is 1. The first kappa shape index (κ1) is 9.57. The number of rotatable bonds is 2. The first-order chi connectivity index (χ1) is 6.07. The molecule has 0 bridgehead atoms. The molecule has 1 rings (SSSR count). The topological polar surface area (TPSA) is 78.3 Å². The third kappa shape index (κ3) is 1.63. The summed E-state index contributed by atoms with van der Waals surface area (Å²) in [4.78, 5) is 11.2. The number of nitrogen functional groups attached to an aromatic ring is 1. The minimum atomic E-state index is -0.512. The predicted molar refractivity (Wildman–Crippen MR) is 46.3 cm³/mol. The molecule has 2 N–H and O–H groups in total. The van der Waals surface area contributed by atoms with Gasteiger partial charge in [0, 0.05) is 5.92 Å². The molecule has 0 aliphatic rings. The molecule has 0 fully saturated rings. The Hall–Kier alpha value is -1.52. The van der Waals surface area contributed by atoms with Crippen molar-refractivity contribution >= 4 is 11.9 Å². The lowest BCUT2D eigenvalue weighted by molar-refractivity contribution is 0.0600.